The largest absolute Gasteiger partial charge is 0.460 e. The van der Waals surface area contributed by atoms with Crippen LogP contribution in [0.1, 0.15) is 46.1 Å². The number of carbonyl (C=O) groups excluding carboxylic acids is 1. The van der Waals surface area contributed by atoms with Crippen LogP contribution in [0.3, 0.4) is 0 Å². The standard InChI is InChI=1S/C20H20ClN3O2.C7H8O3S/c1-12-11-15-16(21)6-5-14(19(15)26-12)20(25)24-18-4-2-3-17(23-18)13-7-9-22-10-8-13;1-6-2-4-7(5-3-6)11(8,9)10/h2-6,11,13,22H,7-10H2,1H3,(H,23,24,25);2-5H,1H3,(H,8,9,10). The van der Waals surface area contributed by atoms with Crippen molar-refractivity contribution in [2.45, 2.75) is 37.5 Å². The highest BCUT2D eigenvalue weighted by molar-refractivity contribution is 7.85. The number of nitrogens with zero attached hydrogens (tertiary/aromatic N) is 1. The van der Waals surface area contributed by atoms with E-state index >= 15 is 0 Å². The van der Waals surface area contributed by atoms with Gasteiger partial charge in [-0.2, -0.15) is 8.42 Å². The molecule has 0 radical (unpaired) electrons. The number of hydrogen-bond acceptors (Lipinski definition) is 6. The van der Waals surface area contributed by atoms with Gasteiger partial charge in [0.05, 0.1) is 15.5 Å². The van der Waals surface area contributed by atoms with Crippen LogP contribution in [-0.2, 0) is 10.1 Å². The normalized spacial score (nSPS) is 14.2. The average molecular weight is 542 g/mol. The lowest BCUT2D eigenvalue weighted by atomic mass is 9.94. The number of anilines is 1. The summed E-state index contributed by atoms with van der Waals surface area (Å²) in [7, 11) is -4.02. The first-order valence-corrected chi connectivity index (χ1v) is 13.7. The summed E-state index contributed by atoms with van der Waals surface area (Å²) in [5.74, 6) is 1.45. The van der Waals surface area contributed by atoms with E-state index in [0.717, 1.165) is 42.6 Å². The van der Waals surface area contributed by atoms with Crippen LogP contribution >= 0.6 is 11.6 Å². The molecular weight excluding hydrogens is 514 g/mol. The van der Waals surface area contributed by atoms with Crippen LogP contribution in [0.15, 0.2) is 70.0 Å². The Hall–Kier alpha value is -3.24. The van der Waals surface area contributed by atoms with E-state index in [1.165, 1.54) is 12.1 Å². The first-order valence-electron chi connectivity index (χ1n) is 11.8. The van der Waals surface area contributed by atoms with Crippen molar-refractivity contribution in [3.8, 4) is 0 Å². The fraction of sp³-hybridized carbons (Fsp3) is 0.259. The van der Waals surface area contributed by atoms with Crippen LogP contribution in [-0.4, -0.2) is 37.0 Å². The topological polar surface area (TPSA) is 122 Å². The van der Waals surface area contributed by atoms with Gasteiger partial charge in [-0.25, -0.2) is 4.98 Å². The Morgan fingerprint density at radius 1 is 1.08 bits per heavy atom. The number of amides is 1. The van der Waals surface area contributed by atoms with Gasteiger partial charge in [0, 0.05) is 17.0 Å². The molecule has 2 aromatic carbocycles. The van der Waals surface area contributed by atoms with Gasteiger partial charge in [0.25, 0.3) is 16.0 Å². The molecule has 1 saturated heterocycles. The molecule has 37 heavy (non-hydrogen) atoms. The molecular formula is C27H28ClN3O5S. The van der Waals surface area contributed by atoms with Gasteiger partial charge >= 0.3 is 0 Å². The van der Waals surface area contributed by atoms with Gasteiger partial charge in [-0.15, -0.1) is 0 Å². The van der Waals surface area contributed by atoms with Crippen molar-refractivity contribution in [3.63, 3.8) is 0 Å². The van der Waals surface area contributed by atoms with Crippen LogP contribution < -0.4 is 10.6 Å². The van der Waals surface area contributed by atoms with Crippen LogP contribution in [0.2, 0.25) is 5.02 Å². The second-order valence-corrected chi connectivity index (χ2v) is 10.7. The molecule has 194 valence electrons. The molecule has 1 aliphatic heterocycles. The van der Waals surface area contributed by atoms with Crippen molar-refractivity contribution in [3.05, 3.63) is 88.3 Å². The summed E-state index contributed by atoms with van der Waals surface area (Å²) in [6.45, 7) is 5.68. The third kappa shape index (κ3) is 6.75. The number of furan rings is 1. The molecule has 0 unspecified atom stereocenters. The van der Waals surface area contributed by atoms with Crippen LogP contribution in [0.5, 0.6) is 0 Å². The Labute approximate surface area is 220 Å². The van der Waals surface area contributed by atoms with Gasteiger partial charge in [-0.05, 0) is 82.2 Å². The van der Waals surface area contributed by atoms with Crippen molar-refractivity contribution in [1.82, 2.24) is 10.3 Å². The molecule has 0 aliphatic carbocycles. The third-order valence-corrected chi connectivity index (χ3v) is 7.28. The van der Waals surface area contributed by atoms with Crippen molar-refractivity contribution in [2.24, 2.45) is 0 Å². The maximum absolute atomic E-state index is 12.8. The van der Waals surface area contributed by atoms with E-state index in [-0.39, 0.29) is 10.8 Å². The predicted octanol–water partition coefficient (Wildman–Crippen LogP) is 5.75. The Morgan fingerprint density at radius 3 is 2.46 bits per heavy atom. The van der Waals surface area contributed by atoms with Gasteiger partial charge in [-0.3, -0.25) is 9.35 Å². The lowest BCUT2D eigenvalue weighted by Crippen LogP contribution is -2.27. The zero-order chi connectivity index (χ0) is 26.6. The van der Waals surface area contributed by atoms with Gasteiger partial charge in [0.2, 0.25) is 0 Å². The Balaban J connectivity index is 0.000000245. The van der Waals surface area contributed by atoms with E-state index in [4.69, 9.17) is 20.6 Å². The van der Waals surface area contributed by atoms with Crippen molar-refractivity contribution in [2.75, 3.05) is 18.4 Å². The van der Waals surface area contributed by atoms with E-state index in [1.54, 1.807) is 24.3 Å². The molecule has 4 aromatic rings. The Morgan fingerprint density at radius 2 is 1.78 bits per heavy atom. The molecule has 3 heterocycles. The zero-order valence-electron chi connectivity index (χ0n) is 20.5. The molecule has 0 atom stereocenters. The Kier molecular flexibility index (Phi) is 8.29. The van der Waals surface area contributed by atoms with Crippen molar-refractivity contribution in [1.29, 1.82) is 0 Å². The molecule has 3 N–H and O–H groups in total. The highest BCUT2D eigenvalue weighted by atomic mass is 35.5. The van der Waals surface area contributed by atoms with E-state index < -0.39 is 10.1 Å². The number of nitrogens with one attached hydrogen (secondary N) is 2. The number of hydrogen-bond donors (Lipinski definition) is 3. The number of aromatic nitrogens is 1. The lowest BCUT2D eigenvalue weighted by molar-refractivity contribution is 0.102. The minimum Gasteiger partial charge on any atom is -0.460 e. The number of piperidine rings is 1. The molecule has 0 spiro atoms. The summed E-state index contributed by atoms with van der Waals surface area (Å²) < 4.78 is 35.2. The molecule has 1 fully saturated rings. The maximum atomic E-state index is 12.8. The lowest BCUT2D eigenvalue weighted by Gasteiger charge is -2.22. The van der Waals surface area contributed by atoms with Crippen LogP contribution in [0.25, 0.3) is 11.0 Å². The average Bonchev–Trinajstić information content (AvgIpc) is 3.27. The molecule has 0 bridgehead atoms. The summed E-state index contributed by atoms with van der Waals surface area (Å²) in [6.07, 6.45) is 2.13. The third-order valence-electron chi connectivity index (χ3n) is 6.09. The molecule has 10 heteroatoms. The maximum Gasteiger partial charge on any atom is 0.294 e. The fourth-order valence-electron chi connectivity index (χ4n) is 4.15. The Bertz CT molecular complexity index is 1510. The van der Waals surface area contributed by atoms with Gasteiger partial charge in [0.1, 0.15) is 17.2 Å². The van der Waals surface area contributed by atoms with Gasteiger partial charge in [-0.1, -0.05) is 35.4 Å². The minimum absolute atomic E-state index is 0.0666. The summed E-state index contributed by atoms with van der Waals surface area (Å²) in [5.41, 5.74) is 2.94. The molecule has 1 aliphatic rings. The molecule has 0 saturated carbocycles. The van der Waals surface area contributed by atoms with E-state index in [1.807, 2.05) is 38.1 Å². The van der Waals surface area contributed by atoms with E-state index in [0.29, 0.717) is 33.7 Å². The summed E-state index contributed by atoms with van der Waals surface area (Å²) in [5, 5.41) is 7.56. The van der Waals surface area contributed by atoms with Gasteiger partial charge in [0.15, 0.2) is 0 Å². The predicted molar refractivity (Wildman–Crippen MR) is 144 cm³/mol. The van der Waals surface area contributed by atoms with E-state index in [2.05, 4.69) is 15.6 Å². The minimum atomic E-state index is -4.02. The monoisotopic (exact) mass is 541 g/mol. The molecule has 5 rings (SSSR count). The number of aryl methyl sites for hydroxylation is 2. The number of fused-ring (bicyclic) bond motifs is 1. The molecule has 2 aromatic heterocycles. The quantitative estimate of drug-likeness (QED) is 0.281. The van der Waals surface area contributed by atoms with Gasteiger partial charge < -0.3 is 15.1 Å². The number of pyridine rings is 1. The highest BCUT2D eigenvalue weighted by Gasteiger charge is 2.19. The van der Waals surface area contributed by atoms with E-state index in [9.17, 15) is 13.2 Å². The number of rotatable bonds is 4. The number of halogens is 1. The fourth-order valence-corrected chi connectivity index (χ4v) is 4.84. The second-order valence-electron chi connectivity index (χ2n) is 8.91. The molecule has 1 amide bonds. The van der Waals surface area contributed by atoms with Crippen molar-refractivity contribution < 1.29 is 22.2 Å². The first kappa shape index (κ1) is 26.8. The smallest absolute Gasteiger partial charge is 0.294 e. The summed E-state index contributed by atoms with van der Waals surface area (Å²) in [4.78, 5) is 17.4. The van der Waals surface area contributed by atoms with Crippen LogP contribution in [0.4, 0.5) is 5.82 Å². The highest BCUT2D eigenvalue weighted by Crippen LogP contribution is 2.30. The molecule has 8 nitrogen and oxygen atoms in total. The number of benzene rings is 2. The summed E-state index contributed by atoms with van der Waals surface area (Å²) >= 11 is 6.20. The zero-order valence-corrected chi connectivity index (χ0v) is 22.1. The second kappa shape index (κ2) is 11.4. The van der Waals surface area contributed by atoms with Crippen LogP contribution in [0, 0.1) is 13.8 Å². The number of carbonyl (C=O) groups is 1. The first-order chi connectivity index (χ1) is 17.6. The SMILES string of the molecule is Cc1cc2c(Cl)ccc(C(=O)Nc3cccc(C4CCNCC4)n3)c2o1.Cc1ccc(S(=O)(=O)O)cc1. The summed E-state index contributed by atoms with van der Waals surface area (Å²) in [6, 6.07) is 17.0. The van der Waals surface area contributed by atoms with Crippen molar-refractivity contribution >= 4 is 44.4 Å².